The zero-order chi connectivity index (χ0) is 13.2. The number of nitrogens with zero attached hydrogens (tertiary/aromatic N) is 1. The van der Waals surface area contributed by atoms with Gasteiger partial charge in [-0.05, 0) is 26.7 Å². The van der Waals surface area contributed by atoms with E-state index in [0.29, 0.717) is 19.6 Å². The number of hydrogen-bond acceptors (Lipinski definition) is 3. The first-order valence-electron chi connectivity index (χ1n) is 7.22. The number of amides is 1. The van der Waals surface area contributed by atoms with Gasteiger partial charge in [0.2, 0.25) is 5.91 Å². The molecule has 0 aromatic rings. The summed E-state index contributed by atoms with van der Waals surface area (Å²) in [6.07, 6.45) is 5.71. The van der Waals surface area contributed by atoms with Crippen molar-refractivity contribution in [1.82, 2.24) is 4.90 Å². The maximum Gasteiger partial charge on any atom is 0.230 e. The Bertz CT molecular complexity index is 290. The number of carbonyl (C=O) groups excluding carboxylic acids is 1. The van der Waals surface area contributed by atoms with E-state index >= 15 is 0 Å². The molecule has 0 unspecified atom stereocenters. The molecule has 1 aliphatic heterocycles. The molecule has 104 valence electrons. The van der Waals surface area contributed by atoms with E-state index in [0.717, 1.165) is 25.7 Å². The lowest BCUT2D eigenvalue weighted by Crippen LogP contribution is -2.55. The molecule has 2 N–H and O–H groups in total. The standard InChI is InChI=1S/C14H26N2O2/c1-11-8-16(9-12(2)18-11)13(17)14(10-15)6-4-3-5-7-14/h11-12H,3-10,15H2,1-2H3/t11-,12+. The van der Waals surface area contributed by atoms with Gasteiger partial charge in [-0.3, -0.25) is 4.79 Å². The molecule has 0 aromatic heterocycles. The third-order valence-electron chi connectivity index (χ3n) is 4.36. The lowest BCUT2D eigenvalue weighted by molar-refractivity contribution is -0.155. The summed E-state index contributed by atoms with van der Waals surface area (Å²) in [4.78, 5) is 14.8. The molecule has 1 aliphatic carbocycles. The second-order valence-electron chi connectivity index (χ2n) is 6.01. The summed E-state index contributed by atoms with van der Waals surface area (Å²) >= 11 is 0. The summed E-state index contributed by atoms with van der Waals surface area (Å²) in [5, 5.41) is 0. The molecule has 2 atom stereocenters. The molecule has 2 fully saturated rings. The number of nitrogens with two attached hydrogens (primary N) is 1. The lowest BCUT2D eigenvalue weighted by Gasteiger charge is -2.43. The average Bonchev–Trinajstić information content (AvgIpc) is 2.37. The van der Waals surface area contributed by atoms with Crippen LogP contribution in [0.25, 0.3) is 0 Å². The Balaban J connectivity index is 2.08. The molecule has 4 nitrogen and oxygen atoms in total. The molecule has 0 radical (unpaired) electrons. The van der Waals surface area contributed by atoms with Gasteiger partial charge in [-0.15, -0.1) is 0 Å². The van der Waals surface area contributed by atoms with Crippen LogP contribution in [-0.2, 0) is 9.53 Å². The number of morpholine rings is 1. The first-order valence-corrected chi connectivity index (χ1v) is 7.22. The van der Waals surface area contributed by atoms with Crippen LogP contribution in [-0.4, -0.2) is 42.6 Å². The van der Waals surface area contributed by atoms with Crippen LogP contribution in [0, 0.1) is 5.41 Å². The third-order valence-corrected chi connectivity index (χ3v) is 4.36. The zero-order valence-corrected chi connectivity index (χ0v) is 11.7. The summed E-state index contributed by atoms with van der Waals surface area (Å²) in [6.45, 7) is 5.99. The fourth-order valence-corrected chi connectivity index (χ4v) is 3.41. The Morgan fingerprint density at radius 1 is 1.22 bits per heavy atom. The normalized spacial score (nSPS) is 32.3. The fourth-order valence-electron chi connectivity index (χ4n) is 3.41. The predicted octanol–water partition coefficient (Wildman–Crippen LogP) is 1.53. The van der Waals surface area contributed by atoms with Crippen LogP contribution in [0.2, 0.25) is 0 Å². The number of rotatable bonds is 2. The number of ether oxygens (including phenoxy) is 1. The Morgan fingerprint density at radius 2 is 1.78 bits per heavy atom. The van der Waals surface area contributed by atoms with E-state index in [-0.39, 0.29) is 23.5 Å². The monoisotopic (exact) mass is 254 g/mol. The summed E-state index contributed by atoms with van der Waals surface area (Å²) in [5.74, 6) is 0.270. The summed E-state index contributed by atoms with van der Waals surface area (Å²) in [5.41, 5.74) is 5.65. The van der Waals surface area contributed by atoms with Gasteiger partial charge in [0, 0.05) is 19.6 Å². The minimum absolute atomic E-state index is 0.135. The molecule has 18 heavy (non-hydrogen) atoms. The van der Waals surface area contributed by atoms with Crippen molar-refractivity contribution in [2.45, 2.75) is 58.2 Å². The average molecular weight is 254 g/mol. The van der Waals surface area contributed by atoms with Gasteiger partial charge in [-0.25, -0.2) is 0 Å². The smallest absolute Gasteiger partial charge is 0.230 e. The first kappa shape index (κ1) is 13.8. The van der Waals surface area contributed by atoms with Crippen LogP contribution in [0.4, 0.5) is 0 Å². The van der Waals surface area contributed by atoms with Gasteiger partial charge in [0.25, 0.3) is 0 Å². The molecule has 0 aromatic carbocycles. The van der Waals surface area contributed by atoms with Crippen LogP contribution < -0.4 is 5.73 Å². The van der Waals surface area contributed by atoms with Crippen LogP contribution in [0.5, 0.6) is 0 Å². The van der Waals surface area contributed by atoms with Crippen LogP contribution in [0.15, 0.2) is 0 Å². The van der Waals surface area contributed by atoms with Crippen LogP contribution >= 0.6 is 0 Å². The van der Waals surface area contributed by atoms with Gasteiger partial charge in [0.05, 0.1) is 17.6 Å². The van der Waals surface area contributed by atoms with Gasteiger partial charge in [0.1, 0.15) is 0 Å². The highest BCUT2D eigenvalue weighted by Gasteiger charge is 2.42. The Hall–Kier alpha value is -0.610. The molecule has 2 rings (SSSR count). The molecule has 4 heteroatoms. The largest absolute Gasteiger partial charge is 0.372 e. The highest BCUT2D eigenvalue weighted by Crippen LogP contribution is 2.37. The molecule has 1 amide bonds. The van der Waals surface area contributed by atoms with Crippen molar-refractivity contribution in [2.24, 2.45) is 11.1 Å². The molecule has 1 heterocycles. The van der Waals surface area contributed by atoms with E-state index in [2.05, 4.69) is 0 Å². The summed E-state index contributed by atoms with van der Waals surface area (Å²) in [7, 11) is 0. The van der Waals surface area contributed by atoms with Gasteiger partial charge in [0.15, 0.2) is 0 Å². The Labute approximate surface area is 110 Å². The maximum absolute atomic E-state index is 12.8. The summed E-state index contributed by atoms with van der Waals surface area (Å²) in [6, 6.07) is 0. The Kier molecular flexibility index (Phi) is 4.28. The van der Waals surface area contributed by atoms with Crippen molar-refractivity contribution in [1.29, 1.82) is 0 Å². The van der Waals surface area contributed by atoms with Crippen molar-refractivity contribution in [3.63, 3.8) is 0 Å². The SMILES string of the molecule is C[C@@H]1CN(C(=O)C2(CN)CCCCC2)C[C@H](C)O1. The van der Waals surface area contributed by atoms with Crippen molar-refractivity contribution >= 4 is 5.91 Å². The maximum atomic E-state index is 12.8. The lowest BCUT2D eigenvalue weighted by atomic mass is 9.73. The Morgan fingerprint density at radius 3 is 2.28 bits per heavy atom. The number of hydrogen-bond donors (Lipinski definition) is 1. The fraction of sp³-hybridized carbons (Fsp3) is 0.929. The molecule has 0 bridgehead atoms. The third kappa shape index (κ3) is 2.69. The van der Waals surface area contributed by atoms with Gasteiger partial charge in [-0.2, -0.15) is 0 Å². The minimum atomic E-state index is -0.283. The molecular formula is C14H26N2O2. The second-order valence-corrected chi connectivity index (χ2v) is 6.01. The van der Waals surface area contributed by atoms with Crippen LogP contribution in [0.3, 0.4) is 0 Å². The van der Waals surface area contributed by atoms with E-state index in [4.69, 9.17) is 10.5 Å². The number of carbonyl (C=O) groups is 1. The highest BCUT2D eigenvalue weighted by molar-refractivity contribution is 5.83. The quantitative estimate of drug-likeness (QED) is 0.813. The van der Waals surface area contributed by atoms with E-state index in [1.807, 2.05) is 18.7 Å². The van der Waals surface area contributed by atoms with Crippen molar-refractivity contribution in [2.75, 3.05) is 19.6 Å². The molecular weight excluding hydrogens is 228 g/mol. The van der Waals surface area contributed by atoms with Gasteiger partial charge < -0.3 is 15.4 Å². The van der Waals surface area contributed by atoms with Crippen molar-refractivity contribution in [3.05, 3.63) is 0 Å². The zero-order valence-electron chi connectivity index (χ0n) is 11.7. The highest BCUT2D eigenvalue weighted by atomic mass is 16.5. The van der Waals surface area contributed by atoms with Crippen LogP contribution in [0.1, 0.15) is 46.0 Å². The molecule has 1 saturated carbocycles. The molecule has 1 saturated heterocycles. The first-order chi connectivity index (χ1) is 8.57. The van der Waals surface area contributed by atoms with E-state index in [1.54, 1.807) is 0 Å². The van der Waals surface area contributed by atoms with E-state index < -0.39 is 0 Å². The molecule has 2 aliphatic rings. The van der Waals surface area contributed by atoms with Gasteiger partial charge in [-0.1, -0.05) is 19.3 Å². The second kappa shape index (κ2) is 5.57. The molecule has 0 spiro atoms. The van der Waals surface area contributed by atoms with Crippen molar-refractivity contribution < 1.29 is 9.53 Å². The van der Waals surface area contributed by atoms with Gasteiger partial charge >= 0.3 is 0 Å². The van der Waals surface area contributed by atoms with E-state index in [9.17, 15) is 4.79 Å². The predicted molar refractivity (Wildman–Crippen MR) is 71.2 cm³/mol. The van der Waals surface area contributed by atoms with E-state index in [1.165, 1.54) is 6.42 Å². The topological polar surface area (TPSA) is 55.6 Å². The minimum Gasteiger partial charge on any atom is -0.372 e. The van der Waals surface area contributed by atoms with Crippen molar-refractivity contribution in [3.8, 4) is 0 Å². The summed E-state index contributed by atoms with van der Waals surface area (Å²) < 4.78 is 5.70.